The van der Waals surface area contributed by atoms with Crippen molar-refractivity contribution in [3.05, 3.63) is 34.0 Å². The highest BCUT2D eigenvalue weighted by Gasteiger charge is 2.14. The molecule has 0 spiro atoms. The Morgan fingerprint density at radius 1 is 1.42 bits per heavy atom. The van der Waals surface area contributed by atoms with E-state index < -0.39 is 0 Å². The number of aromatic nitrogens is 2. The van der Waals surface area contributed by atoms with Crippen LogP contribution < -0.4 is 5.32 Å². The largest absolute Gasteiger partial charge is 0.383 e. The average Bonchev–Trinajstić information content (AvgIpc) is 2.83. The summed E-state index contributed by atoms with van der Waals surface area (Å²) in [6.45, 7) is 1.93. The number of benzene rings is 1. The molecule has 0 unspecified atom stereocenters. The van der Waals surface area contributed by atoms with E-state index in [9.17, 15) is 4.39 Å². The van der Waals surface area contributed by atoms with Gasteiger partial charge in [-0.05, 0) is 12.1 Å². The van der Waals surface area contributed by atoms with Crippen LogP contribution in [0.15, 0.2) is 18.2 Å². The Bertz CT molecular complexity index is 529. The monoisotopic (exact) mass is 301 g/mol. The molecule has 2 rings (SSSR count). The molecule has 0 aliphatic heterocycles. The summed E-state index contributed by atoms with van der Waals surface area (Å²) < 4.78 is 18.6. The standard InChI is InChI=1S/C12H13ClFN3OS/c1-18-6-5-15-7-10-16-17-12(19-10)11-8(13)3-2-4-9(11)14/h2-4,15H,5-7H2,1H3. The van der Waals surface area contributed by atoms with E-state index in [1.165, 1.54) is 17.4 Å². The predicted molar refractivity (Wildman–Crippen MR) is 73.9 cm³/mol. The summed E-state index contributed by atoms with van der Waals surface area (Å²) in [5.74, 6) is -0.387. The number of nitrogens with zero attached hydrogens (tertiary/aromatic N) is 2. The Labute approximate surface area is 119 Å². The van der Waals surface area contributed by atoms with E-state index in [0.29, 0.717) is 28.7 Å². The minimum Gasteiger partial charge on any atom is -0.383 e. The fourth-order valence-electron chi connectivity index (χ4n) is 1.50. The van der Waals surface area contributed by atoms with Crippen LogP contribution in [0.1, 0.15) is 5.01 Å². The maximum Gasteiger partial charge on any atom is 0.152 e. The maximum atomic E-state index is 13.7. The van der Waals surface area contributed by atoms with E-state index >= 15 is 0 Å². The molecule has 1 N–H and O–H groups in total. The fraction of sp³-hybridized carbons (Fsp3) is 0.333. The van der Waals surface area contributed by atoms with Gasteiger partial charge in [0.2, 0.25) is 0 Å². The summed E-state index contributed by atoms with van der Waals surface area (Å²) in [5, 5.41) is 12.8. The number of nitrogens with one attached hydrogen (secondary N) is 1. The minimum absolute atomic E-state index is 0.310. The summed E-state index contributed by atoms with van der Waals surface area (Å²) in [5.41, 5.74) is 0.310. The van der Waals surface area contributed by atoms with Gasteiger partial charge in [0.1, 0.15) is 10.8 Å². The van der Waals surface area contributed by atoms with Gasteiger partial charge < -0.3 is 10.1 Å². The van der Waals surface area contributed by atoms with Crippen LogP contribution in [0.25, 0.3) is 10.6 Å². The number of rotatable bonds is 6. The van der Waals surface area contributed by atoms with Gasteiger partial charge in [-0.2, -0.15) is 0 Å². The molecule has 0 saturated carbocycles. The van der Waals surface area contributed by atoms with E-state index in [1.807, 2.05) is 0 Å². The summed E-state index contributed by atoms with van der Waals surface area (Å²) in [6, 6.07) is 4.56. The third-order valence-electron chi connectivity index (χ3n) is 2.40. The highest BCUT2D eigenvalue weighted by molar-refractivity contribution is 7.14. The van der Waals surface area contributed by atoms with Crippen molar-refractivity contribution in [2.24, 2.45) is 0 Å². The predicted octanol–water partition coefficient (Wildman–Crippen LogP) is 2.73. The molecule has 1 aromatic carbocycles. The lowest BCUT2D eigenvalue weighted by Crippen LogP contribution is -2.18. The number of hydrogen-bond acceptors (Lipinski definition) is 5. The molecule has 0 aliphatic carbocycles. The second-order valence-electron chi connectivity index (χ2n) is 3.77. The molecule has 1 aromatic heterocycles. The van der Waals surface area contributed by atoms with Crippen LogP contribution in [0.3, 0.4) is 0 Å². The normalized spacial score (nSPS) is 10.9. The van der Waals surface area contributed by atoms with Crippen molar-refractivity contribution >= 4 is 22.9 Å². The van der Waals surface area contributed by atoms with Gasteiger partial charge in [-0.25, -0.2) is 4.39 Å². The van der Waals surface area contributed by atoms with Crippen LogP contribution in [-0.4, -0.2) is 30.5 Å². The molecular formula is C12H13ClFN3OS. The number of ether oxygens (including phenoxy) is 1. The Morgan fingerprint density at radius 3 is 3.00 bits per heavy atom. The molecule has 0 radical (unpaired) electrons. The lowest BCUT2D eigenvalue weighted by molar-refractivity contribution is 0.199. The first-order valence-electron chi connectivity index (χ1n) is 5.69. The molecule has 19 heavy (non-hydrogen) atoms. The molecule has 0 amide bonds. The number of halogens is 2. The SMILES string of the molecule is COCCNCc1nnc(-c2c(F)cccc2Cl)s1. The minimum atomic E-state index is -0.387. The number of methoxy groups -OCH3 is 1. The quantitative estimate of drug-likeness (QED) is 0.834. The third kappa shape index (κ3) is 3.70. The van der Waals surface area contributed by atoms with Gasteiger partial charge in [-0.1, -0.05) is 29.0 Å². The van der Waals surface area contributed by atoms with Crippen LogP contribution in [0.4, 0.5) is 4.39 Å². The zero-order valence-electron chi connectivity index (χ0n) is 10.3. The van der Waals surface area contributed by atoms with Gasteiger partial charge in [0, 0.05) is 20.2 Å². The third-order valence-corrected chi connectivity index (χ3v) is 3.66. The summed E-state index contributed by atoms with van der Waals surface area (Å²) in [4.78, 5) is 0. The molecule has 1 heterocycles. The van der Waals surface area contributed by atoms with Crippen molar-refractivity contribution in [3.8, 4) is 10.6 Å². The first-order valence-corrected chi connectivity index (χ1v) is 6.88. The molecule has 4 nitrogen and oxygen atoms in total. The van der Waals surface area contributed by atoms with Crippen LogP contribution in [-0.2, 0) is 11.3 Å². The van der Waals surface area contributed by atoms with Gasteiger partial charge in [-0.15, -0.1) is 10.2 Å². The van der Waals surface area contributed by atoms with Crippen molar-refractivity contribution < 1.29 is 9.13 Å². The fourth-order valence-corrected chi connectivity index (χ4v) is 2.68. The summed E-state index contributed by atoms with van der Waals surface area (Å²) in [6.07, 6.45) is 0. The maximum absolute atomic E-state index is 13.7. The Balaban J connectivity index is 2.08. The zero-order chi connectivity index (χ0) is 13.7. The first-order chi connectivity index (χ1) is 9.22. The van der Waals surface area contributed by atoms with Gasteiger partial charge in [0.25, 0.3) is 0 Å². The van der Waals surface area contributed by atoms with E-state index in [-0.39, 0.29) is 5.82 Å². The molecule has 0 aliphatic rings. The summed E-state index contributed by atoms with van der Waals surface area (Å²) in [7, 11) is 1.64. The molecule has 0 fully saturated rings. The zero-order valence-corrected chi connectivity index (χ0v) is 11.9. The number of hydrogen-bond donors (Lipinski definition) is 1. The van der Waals surface area contributed by atoms with E-state index in [2.05, 4.69) is 15.5 Å². The van der Waals surface area contributed by atoms with E-state index in [0.717, 1.165) is 11.6 Å². The molecule has 2 aromatic rings. The molecule has 0 saturated heterocycles. The average molecular weight is 302 g/mol. The van der Waals surface area contributed by atoms with Crippen molar-refractivity contribution in [1.82, 2.24) is 15.5 Å². The van der Waals surface area contributed by atoms with Crippen molar-refractivity contribution in [3.63, 3.8) is 0 Å². The Kier molecular flexibility index (Phi) is 5.21. The van der Waals surface area contributed by atoms with E-state index in [4.69, 9.17) is 16.3 Å². The second kappa shape index (κ2) is 6.91. The van der Waals surface area contributed by atoms with Gasteiger partial charge >= 0.3 is 0 Å². The van der Waals surface area contributed by atoms with Crippen molar-refractivity contribution in [2.75, 3.05) is 20.3 Å². The van der Waals surface area contributed by atoms with Gasteiger partial charge in [0.15, 0.2) is 5.01 Å². The molecular weight excluding hydrogens is 289 g/mol. The van der Waals surface area contributed by atoms with Crippen LogP contribution in [0.5, 0.6) is 0 Å². The van der Waals surface area contributed by atoms with Crippen molar-refractivity contribution in [1.29, 1.82) is 0 Å². The smallest absolute Gasteiger partial charge is 0.152 e. The van der Waals surface area contributed by atoms with E-state index in [1.54, 1.807) is 19.2 Å². The molecule has 7 heteroatoms. The van der Waals surface area contributed by atoms with Gasteiger partial charge in [0.05, 0.1) is 17.2 Å². The van der Waals surface area contributed by atoms with Crippen LogP contribution in [0.2, 0.25) is 5.02 Å². The Hall–Kier alpha value is -1.08. The molecule has 0 atom stereocenters. The second-order valence-corrected chi connectivity index (χ2v) is 5.24. The van der Waals surface area contributed by atoms with Crippen LogP contribution in [0, 0.1) is 5.82 Å². The topological polar surface area (TPSA) is 47.0 Å². The van der Waals surface area contributed by atoms with Crippen molar-refractivity contribution in [2.45, 2.75) is 6.54 Å². The molecule has 0 bridgehead atoms. The highest BCUT2D eigenvalue weighted by Crippen LogP contribution is 2.32. The lowest BCUT2D eigenvalue weighted by atomic mass is 10.2. The highest BCUT2D eigenvalue weighted by atomic mass is 35.5. The first kappa shape index (κ1) is 14.3. The molecule has 102 valence electrons. The van der Waals surface area contributed by atoms with Gasteiger partial charge in [-0.3, -0.25) is 0 Å². The summed E-state index contributed by atoms with van der Waals surface area (Å²) >= 11 is 7.31. The van der Waals surface area contributed by atoms with Crippen LogP contribution >= 0.6 is 22.9 Å². The lowest BCUT2D eigenvalue weighted by Gasteiger charge is -2.01. The Morgan fingerprint density at radius 2 is 2.26 bits per heavy atom.